The number of nitriles is 1. The second-order valence-electron chi connectivity index (χ2n) is 4.94. The molecular formula is C17H17N. The van der Waals surface area contributed by atoms with Gasteiger partial charge in [-0.15, -0.1) is 0 Å². The van der Waals surface area contributed by atoms with E-state index < -0.39 is 0 Å². The van der Waals surface area contributed by atoms with Crippen molar-refractivity contribution < 1.29 is 0 Å². The lowest BCUT2D eigenvalue weighted by atomic mass is 9.94. The van der Waals surface area contributed by atoms with Gasteiger partial charge >= 0.3 is 0 Å². The number of aryl methyl sites for hydroxylation is 1. The van der Waals surface area contributed by atoms with Crippen molar-refractivity contribution in [3.63, 3.8) is 0 Å². The number of rotatable bonds is 2. The lowest BCUT2D eigenvalue weighted by molar-refractivity contribution is 0.867. The van der Waals surface area contributed by atoms with Crippen LogP contribution in [0.25, 0.3) is 11.1 Å². The van der Waals surface area contributed by atoms with Crippen LogP contribution in [-0.2, 0) is 0 Å². The van der Waals surface area contributed by atoms with Crippen LogP contribution >= 0.6 is 0 Å². The zero-order chi connectivity index (χ0) is 13.1. The van der Waals surface area contributed by atoms with Crippen molar-refractivity contribution in [2.45, 2.75) is 26.7 Å². The molecule has 2 aromatic carbocycles. The molecule has 18 heavy (non-hydrogen) atoms. The normalized spacial score (nSPS) is 10.4. The van der Waals surface area contributed by atoms with Crippen LogP contribution in [0.15, 0.2) is 42.5 Å². The van der Waals surface area contributed by atoms with E-state index in [2.05, 4.69) is 50.2 Å². The number of benzene rings is 2. The maximum absolute atomic E-state index is 9.23. The minimum Gasteiger partial charge on any atom is -0.192 e. The van der Waals surface area contributed by atoms with Crippen molar-refractivity contribution >= 4 is 0 Å². The quantitative estimate of drug-likeness (QED) is 0.742. The maximum atomic E-state index is 9.23. The summed E-state index contributed by atoms with van der Waals surface area (Å²) < 4.78 is 0. The van der Waals surface area contributed by atoms with Gasteiger partial charge < -0.3 is 0 Å². The highest BCUT2D eigenvalue weighted by Gasteiger charge is 2.07. The van der Waals surface area contributed by atoms with E-state index in [4.69, 9.17) is 0 Å². The first-order valence-corrected chi connectivity index (χ1v) is 6.23. The van der Waals surface area contributed by atoms with Gasteiger partial charge in [-0.2, -0.15) is 5.26 Å². The lowest BCUT2D eigenvalue weighted by Gasteiger charge is -2.10. The van der Waals surface area contributed by atoms with Gasteiger partial charge in [-0.25, -0.2) is 0 Å². The van der Waals surface area contributed by atoms with Gasteiger partial charge in [-0.3, -0.25) is 0 Å². The summed E-state index contributed by atoms with van der Waals surface area (Å²) in [5, 5.41) is 9.23. The molecule has 0 saturated heterocycles. The molecule has 0 aliphatic heterocycles. The first kappa shape index (κ1) is 12.4. The molecule has 0 unspecified atom stereocenters. The van der Waals surface area contributed by atoms with Crippen molar-refractivity contribution in [1.82, 2.24) is 0 Å². The van der Waals surface area contributed by atoms with Gasteiger partial charge in [0.2, 0.25) is 0 Å². The van der Waals surface area contributed by atoms with Crippen LogP contribution in [0.3, 0.4) is 0 Å². The predicted molar refractivity (Wildman–Crippen MR) is 75.4 cm³/mol. The molecule has 0 N–H and O–H groups in total. The van der Waals surface area contributed by atoms with E-state index >= 15 is 0 Å². The molecule has 90 valence electrons. The van der Waals surface area contributed by atoms with Crippen molar-refractivity contribution in [2.75, 3.05) is 0 Å². The Morgan fingerprint density at radius 1 is 1.06 bits per heavy atom. The van der Waals surface area contributed by atoms with E-state index in [-0.39, 0.29) is 0 Å². The third-order valence-electron chi connectivity index (χ3n) is 3.16. The Hall–Kier alpha value is -2.07. The summed E-state index contributed by atoms with van der Waals surface area (Å²) in [4.78, 5) is 0. The number of hydrogen-bond donors (Lipinski definition) is 0. The fourth-order valence-corrected chi connectivity index (χ4v) is 2.07. The summed E-state index contributed by atoms with van der Waals surface area (Å²) in [6.45, 7) is 6.37. The highest BCUT2D eigenvalue weighted by Crippen LogP contribution is 2.27. The molecule has 0 fully saturated rings. The Kier molecular flexibility index (Phi) is 3.48. The Bertz CT molecular complexity index is 603. The minimum atomic E-state index is 0.501. The van der Waals surface area contributed by atoms with Gasteiger partial charge in [0.05, 0.1) is 11.6 Å². The van der Waals surface area contributed by atoms with E-state index in [9.17, 15) is 5.26 Å². The molecule has 0 radical (unpaired) electrons. The summed E-state index contributed by atoms with van der Waals surface area (Å²) >= 11 is 0. The zero-order valence-electron chi connectivity index (χ0n) is 11.1. The van der Waals surface area contributed by atoms with E-state index in [0.29, 0.717) is 5.92 Å². The molecule has 1 nitrogen and oxygen atoms in total. The van der Waals surface area contributed by atoms with Gasteiger partial charge in [-0.1, -0.05) is 50.2 Å². The molecule has 1 heteroatoms. The van der Waals surface area contributed by atoms with Crippen molar-refractivity contribution in [1.29, 1.82) is 5.26 Å². The molecule has 0 bridgehead atoms. The second kappa shape index (κ2) is 5.06. The van der Waals surface area contributed by atoms with Crippen LogP contribution in [-0.4, -0.2) is 0 Å². The molecule has 0 aliphatic carbocycles. The second-order valence-corrected chi connectivity index (χ2v) is 4.94. The zero-order valence-corrected chi connectivity index (χ0v) is 11.1. The average molecular weight is 235 g/mol. The predicted octanol–water partition coefficient (Wildman–Crippen LogP) is 4.66. The summed E-state index contributed by atoms with van der Waals surface area (Å²) in [6.07, 6.45) is 0. The van der Waals surface area contributed by atoms with Gasteiger partial charge in [-0.05, 0) is 41.2 Å². The summed E-state index contributed by atoms with van der Waals surface area (Å²) in [6, 6.07) is 16.8. The molecule has 0 heterocycles. The highest BCUT2D eigenvalue weighted by molar-refractivity contribution is 5.71. The molecule has 2 rings (SSSR count). The van der Waals surface area contributed by atoms with Gasteiger partial charge in [0.25, 0.3) is 0 Å². The van der Waals surface area contributed by atoms with Gasteiger partial charge in [0.1, 0.15) is 0 Å². The molecule has 0 aliphatic rings. The van der Waals surface area contributed by atoms with E-state index in [1.165, 1.54) is 5.56 Å². The summed E-state index contributed by atoms with van der Waals surface area (Å²) in [5.41, 5.74) is 5.31. The Balaban J connectivity index is 2.56. The minimum absolute atomic E-state index is 0.501. The number of hydrogen-bond acceptors (Lipinski definition) is 1. The van der Waals surface area contributed by atoms with Crippen LogP contribution in [0.4, 0.5) is 0 Å². The van der Waals surface area contributed by atoms with Crippen LogP contribution in [0.2, 0.25) is 0 Å². The molecule has 0 aromatic heterocycles. The summed E-state index contributed by atoms with van der Waals surface area (Å²) in [7, 11) is 0. The van der Waals surface area contributed by atoms with E-state index in [0.717, 1.165) is 22.3 Å². The van der Waals surface area contributed by atoms with Gasteiger partial charge in [0.15, 0.2) is 0 Å². The topological polar surface area (TPSA) is 23.8 Å². The van der Waals surface area contributed by atoms with Crippen LogP contribution in [0, 0.1) is 18.3 Å². The highest BCUT2D eigenvalue weighted by atomic mass is 14.2. The Labute approximate surface area is 109 Å². The number of nitrogens with zero attached hydrogens (tertiary/aromatic N) is 1. The van der Waals surface area contributed by atoms with Crippen LogP contribution in [0.5, 0.6) is 0 Å². The fourth-order valence-electron chi connectivity index (χ4n) is 2.07. The largest absolute Gasteiger partial charge is 0.192 e. The van der Waals surface area contributed by atoms with E-state index in [1.807, 2.05) is 19.1 Å². The SMILES string of the molecule is Cc1ccc(-c2cccc(C(C)C)c2)c(C#N)c1. The third-order valence-corrected chi connectivity index (χ3v) is 3.16. The molecule has 0 spiro atoms. The van der Waals surface area contributed by atoms with Crippen LogP contribution in [0.1, 0.15) is 36.5 Å². The smallest absolute Gasteiger partial charge is 0.0998 e. The fraction of sp³-hybridized carbons (Fsp3) is 0.235. The average Bonchev–Trinajstić information content (AvgIpc) is 2.38. The maximum Gasteiger partial charge on any atom is 0.0998 e. The standard InChI is InChI=1S/C17H17N/c1-12(2)14-5-4-6-15(10-14)17-8-7-13(3)9-16(17)11-18/h4-10,12H,1-3H3. The molecule has 0 atom stereocenters. The molecule has 2 aromatic rings. The van der Waals surface area contributed by atoms with E-state index in [1.54, 1.807) is 0 Å². The monoisotopic (exact) mass is 235 g/mol. The van der Waals surface area contributed by atoms with Crippen molar-refractivity contribution in [2.24, 2.45) is 0 Å². The first-order valence-electron chi connectivity index (χ1n) is 6.23. The van der Waals surface area contributed by atoms with Gasteiger partial charge in [0, 0.05) is 0 Å². The van der Waals surface area contributed by atoms with Crippen molar-refractivity contribution in [3.05, 3.63) is 59.2 Å². The Morgan fingerprint density at radius 3 is 2.50 bits per heavy atom. The molecular weight excluding hydrogens is 218 g/mol. The first-order chi connectivity index (χ1) is 8.61. The third kappa shape index (κ3) is 2.43. The summed E-state index contributed by atoms with van der Waals surface area (Å²) in [5.74, 6) is 0.501. The lowest BCUT2D eigenvalue weighted by Crippen LogP contribution is -1.90. The van der Waals surface area contributed by atoms with Crippen molar-refractivity contribution in [3.8, 4) is 17.2 Å². The molecule has 0 saturated carbocycles. The Morgan fingerprint density at radius 2 is 1.83 bits per heavy atom. The molecule has 0 amide bonds. The van der Waals surface area contributed by atoms with Crippen LogP contribution < -0.4 is 0 Å².